The SMILES string of the molecule is CC(C)(C)NCCNCC(NC(=O)OC(C)(C)C)C1CC1. The van der Waals surface area contributed by atoms with E-state index in [0.717, 1.165) is 19.6 Å². The monoisotopic (exact) mass is 299 g/mol. The lowest BCUT2D eigenvalue weighted by molar-refractivity contribution is 0.0497. The molecule has 0 heterocycles. The van der Waals surface area contributed by atoms with Crippen LogP contribution in [-0.2, 0) is 4.74 Å². The van der Waals surface area contributed by atoms with Gasteiger partial charge in [-0.15, -0.1) is 0 Å². The van der Waals surface area contributed by atoms with E-state index in [0.29, 0.717) is 5.92 Å². The van der Waals surface area contributed by atoms with E-state index in [1.54, 1.807) is 0 Å². The van der Waals surface area contributed by atoms with Crippen molar-refractivity contribution in [3.63, 3.8) is 0 Å². The maximum Gasteiger partial charge on any atom is 0.407 e. The van der Waals surface area contributed by atoms with Crippen molar-refractivity contribution in [1.29, 1.82) is 0 Å². The van der Waals surface area contributed by atoms with E-state index >= 15 is 0 Å². The number of hydrogen-bond acceptors (Lipinski definition) is 4. The number of carbonyl (C=O) groups is 1. The van der Waals surface area contributed by atoms with Gasteiger partial charge in [0, 0.05) is 31.2 Å². The van der Waals surface area contributed by atoms with Crippen LogP contribution < -0.4 is 16.0 Å². The van der Waals surface area contributed by atoms with Crippen molar-refractivity contribution in [2.24, 2.45) is 5.92 Å². The lowest BCUT2D eigenvalue weighted by atomic mass is 10.1. The van der Waals surface area contributed by atoms with Gasteiger partial charge in [-0.3, -0.25) is 0 Å². The van der Waals surface area contributed by atoms with E-state index < -0.39 is 5.60 Å². The van der Waals surface area contributed by atoms with Gasteiger partial charge in [0.1, 0.15) is 5.60 Å². The van der Waals surface area contributed by atoms with Crippen LogP contribution in [0.4, 0.5) is 4.79 Å². The smallest absolute Gasteiger partial charge is 0.407 e. The quantitative estimate of drug-likeness (QED) is 0.631. The highest BCUT2D eigenvalue weighted by Gasteiger charge is 2.33. The van der Waals surface area contributed by atoms with Crippen LogP contribution in [0.15, 0.2) is 0 Å². The van der Waals surface area contributed by atoms with Gasteiger partial charge in [-0.05, 0) is 60.3 Å². The van der Waals surface area contributed by atoms with E-state index in [9.17, 15) is 4.79 Å². The molecule has 0 saturated heterocycles. The van der Waals surface area contributed by atoms with Gasteiger partial charge < -0.3 is 20.7 Å². The normalized spacial score (nSPS) is 17.4. The molecule has 124 valence electrons. The van der Waals surface area contributed by atoms with Crippen molar-refractivity contribution in [2.45, 2.75) is 71.6 Å². The molecule has 0 bridgehead atoms. The standard InChI is InChI=1S/C16H33N3O2/c1-15(2,3)18-10-9-17-11-13(12-7-8-12)19-14(20)21-16(4,5)6/h12-13,17-18H,7-11H2,1-6H3,(H,19,20). The van der Waals surface area contributed by atoms with Gasteiger partial charge in [0.15, 0.2) is 0 Å². The molecule has 1 fully saturated rings. The van der Waals surface area contributed by atoms with E-state index in [4.69, 9.17) is 4.74 Å². The molecule has 5 nitrogen and oxygen atoms in total. The summed E-state index contributed by atoms with van der Waals surface area (Å²) >= 11 is 0. The van der Waals surface area contributed by atoms with Crippen molar-refractivity contribution in [1.82, 2.24) is 16.0 Å². The fraction of sp³-hybridized carbons (Fsp3) is 0.938. The highest BCUT2D eigenvalue weighted by molar-refractivity contribution is 5.68. The molecule has 1 atom stereocenters. The molecule has 1 amide bonds. The van der Waals surface area contributed by atoms with E-state index in [2.05, 4.69) is 36.7 Å². The van der Waals surface area contributed by atoms with Gasteiger partial charge in [-0.25, -0.2) is 4.79 Å². The molecule has 0 radical (unpaired) electrons. The second-order valence-corrected chi connectivity index (χ2v) is 7.97. The molecule has 21 heavy (non-hydrogen) atoms. The molecule has 1 unspecified atom stereocenters. The summed E-state index contributed by atoms with van der Waals surface area (Å²) in [6, 6.07) is 0.175. The molecular formula is C16H33N3O2. The Morgan fingerprint density at radius 3 is 2.24 bits per heavy atom. The van der Waals surface area contributed by atoms with Crippen LogP contribution in [0.3, 0.4) is 0 Å². The van der Waals surface area contributed by atoms with Gasteiger partial charge in [0.2, 0.25) is 0 Å². The predicted molar refractivity (Wildman–Crippen MR) is 86.5 cm³/mol. The van der Waals surface area contributed by atoms with E-state index in [-0.39, 0.29) is 17.7 Å². The van der Waals surface area contributed by atoms with Gasteiger partial charge in [-0.2, -0.15) is 0 Å². The number of alkyl carbamates (subject to hydrolysis) is 1. The summed E-state index contributed by atoms with van der Waals surface area (Å²) in [5.41, 5.74) is -0.297. The summed E-state index contributed by atoms with van der Waals surface area (Å²) in [5, 5.41) is 9.85. The Hall–Kier alpha value is -0.810. The Bertz CT molecular complexity index is 327. The molecule has 0 aromatic carbocycles. The molecule has 1 aliphatic carbocycles. The zero-order valence-corrected chi connectivity index (χ0v) is 14.5. The van der Waals surface area contributed by atoms with Crippen LogP contribution in [0.2, 0.25) is 0 Å². The third kappa shape index (κ3) is 9.69. The lowest BCUT2D eigenvalue weighted by Crippen LogP contribution is -2.47. The van der Waals surface area contributed by atoms with Crippen molar-refractivity contribution < 1.29 is 9.53 Å². The van der Waals surface area contributed by atoms with Crippen LogP contribution in [0, 0.1) is 5.92 Å². The fourth-order valence-corrected chi connectivity index (χ4v) is 2.08. The van der Waals surface area contributed by atoms with Crippen molar-refractivity contribution in [3.8, 4) is 0 Å². The molecule has 3 N–H and O–H groups in total. The number of rotatable bonds is 7. The van der Waals surface area contributed by atoms with E-state index in [1.165, 1.54) is 12.8 Å². The second kappa shape index (κ2) is 7.45. The van der Waals surface area contributed by atoms with Crippen LogP contribution in [0.25, 0.3) is 0 Å². The van der Waals surface area contributed by atoms with Crippen molar-refractivity contribution in [2.75, 3.05) is 19.6 Å². The van der Waals surface area contributed by atoms with Crippen LogP contribution in [-0.4, -0.2) is 42.9 Å². The number of nitrogens with one attached hydrogen (secondary N) is 3. The highest BCUT2D eigenvalue weighted by atomic mass is 16.6. The lowest BCUT2D eigenvalue weighted by Gasteiger charge is -2.24. The number of carbonyl (C=O) groups excluding carboxylic acids is 1. The summed E-state index contributed by atoms with van der Waals surface area (Å²) < 4.78 is 5.33. The minimum absolute atomic E-state index is 0.145. The second-order valence-electron chi connectivity index (χ2n) is 7.97. The Labute approximate surface area is 129 Å². The molecular weight excluding hydrogens is 266 g/mol. The minimum Gasteiger partial charge on any atom is -0.444 e. The molecule has 5 heteroatoms. The first-order chi connectivity index (χ1) is 9.57. The average molecular weight is 299 g/mol. The van der Waals surface area contributed by atoms with Crippen LogP contribution in [0.1, 0.15) is 54.4 Å². The summed E-state index contributed by atoms with van der Waals surface area (Å²) in [6.45, 7) is 14.7. The molecule has 1 rings (SSSR count). The Morgan fingerprint density at radius 2 is 1.76 bits per heavy atom. The summed E-state index contributed by atoms with van der Waals surface area (Å²) in [7, 11) is 0. The largest absolute Gasteiger partial charge is 0.444 e. The molecule has 0 aromatic rings. The topological polar surface area (TPSA) is 62.4 Å². The summed E-state index contributed by atoms with van der Waals surface area (Å²) in [5.74, 6) is 0.598. The fourth-order valence-electron chi connectivity index (χ4n) is 2.08. The van der Waals surface area contributed by atoms with Crippen molar-refractivity contribution in [3.05, 3.63) is 0 Å². The summed E-state index contributed by atoms with van der Waals surface area (Å²) in [6.07, 6.45) is 2.08. The van der Waals surface area contributed by atoms with Gasteiger partial charge in [-0.1, -0.05) is 0 Å². The third-order valence-electron chi connectivity index (χ3n) is 3.21. The highest BCUT2D eigenvalue weighted by Crippen LogP contribution is 2.32. The van der Waals surface area contributed by atoms with Crippen LogP contribution >= 0.6 is 0 Å². The number of amides is 1. The third-order valence-corrected chi connectivity index (χ3v) is 3.21. The summed E-state index contributed by atoms with van der Waals surface area (Å²) in [4.78, 5) is 11.8. The number of ether oxygens (including phenoxy) is 1. The molecule has 1 saturated carbocycles. The molecule has 0 aliphatic heterocycles. The van der Waals surface area contributed by atoms with Crippen LogP contribution in [0.5, 0.6) is 0 Å². The Balaban J connectivity index is 2.23. The zero-order valence-electron chi connectivity index (χ0n) is 14.5. The molecule has 1 aliphatic rings. The number of hydrogen-bond donors (Lipinski definition) is 3. The van der Waals surface area contributed by atoms with Crippen molar-refractivity contribution >= 4 is 6.09 Å². The first kappa shape index (κ1) is 18.2. The Kier molecular flexibility index (Phi) is 6.47. The first-order valence-electron chi connectivity index (χ1n) is 8.02. The van der Waals surface area contributed by atoms with Gasteiger partial charge in [0.25, 0.3) is 0 Å². The molecule has 0 spiro atoms. The van der Waals surface area contributed by atoms with Gasteiger partial charge in [0.05, 0.1) is 0 Å². The maximum absolute atomic E-state index is 11.8. The van der Waals surface area contributed by atoms with E-state index in [1.807, 2.05) is 20.8 Å². The first-order valence-corrected chi connectivity index (χ1v) is 8.02. The Morgan fingerprint density at radius 1 is 1.14 bits per heavy atom. The molecule has 0 aromatic heterocycles. The minimum atomic E-state index is -0.442. The maximum atomic E-state index is 11.8. The van der Waals surface area contributed by atoms with Gasteiger partial charge >= 0.3 is 6.09 Å². The zero-order chi connectivity index (χ0) is 16.1. The predicted octanol–water partition coefficient (Wildman–Crippen LogP) is 2.27. The average Bonchev–Trinajstić information content (AvgIpc) is 3.06.